The number of likely N-dealkylation sites (tertiary alicyclic amines) is 1. The first-order valence-corrected chi connectivity index (χ1v) is 10.6. The summed E-state index contributed by atoms with van der Waals surface area (Å²) in [4.78, 5) is 23.7. The molecular formula is C24H30N4O2. The molecule has 0 bridgehead atoms. The predicted octanol–water partition coefficient (Wildman–Crippen LogP) is 3.80. The summed E-state index contributed by atoms with van der Waals surface area (Å²) in [6, 6.07) is 18.7. The van der Waals surface area contributed by atoms with Gasteiger partial charge in [-0.15, -0.1) is 0 Å². The van der Waals surface area contributed by atoms with Crippen molar-refractivity contribution >= 4 is 12.4 Å². The van der Waals surface area contributed by atoms with Crippen LogP contribution in [0.3, 0.4) is 0 Å². The lowest BCUT2D eigenvalue weighted by Crippen LogP contribution is -2.49. The van der Waals surface area contributed by atoms with Crippen molar-refractivity contribution in [2.75, 3.05) is 33.8 Å². The third-order valence-corrected chi connectivity index (χ3v) is 6.14. The second-order valence-electron chi connectivity index (χ2n) is 8.10. The minimum atomic E-state index is -0.0369. The zero-order valence-corrected chi connectivity index (χ0v) is 17.8. The average molecular weight is 407 g/mol. The van der Waals surface area contributed by atoms with E-state index in [1.54, 1.807) is 18.3 Å². The van der Waals surface area contributed by atoms with Gasteiger partial charge in [-0.2, -0.15) is 0 Å². The molecule has 0 spiro atoms. The van der Waals surface area contributed by atoms with Crippen molar-refractivity contribution in [3.8, 4) is 5.75 Å². The molecule has 0 aliphatic carbocycles. The van der Waals surface area contributed by atoms with Crippen LogP contribution >= 0.6 is 0 Å². The largest absolute Gasteiger partial charge is 0.497 e. The van der Waals surface area contributed by atoms with Gasteiger partial charge in [0.1, 0.15) is 5.75 Å². The molecule has 0 saturated carbocycles. The van der Waals surface area contributed by atoms with Gasteiger partial charge >= 0.3 is 6.03 Å². The molecule has 2 aliphatic heterocycles. The fraction of sp³-hybridized carbons (Fsp3) is 0.417. The van der Waals surface area contributed by atoms with Gasteiger partial charge in [-0.3, -0.25) is 14.8 Å². The lowest BCUT2D eigenvalue weighted by Gasteiger charge is -2.37. The van der Waals surface area contributed by atoms with Crippen LogP contribution in [-0.2, 0) is 6.54 Å². The van der Waals surface area contributed by atoms with E-state index >= 15 is 0 Å². The number of amides is 2. The number of hydrogen-bond acceptors (Lipinski definition) is 4. The van der Waals surface area contributed by atoms with Gasteiger partial charge < -0.3 is 9.64 Å². The molecule has 0 N–H and O–H groups in total. The number of ether oxygens (including phenoxy) is 1. The summed E-state index contributed by atoms with van der Waals surface area (Å²) in [5.74, 6) is 0.812. The number of methoxy groups -OCH3 is 1. The molecule has 30 heavy (non-hydrogen) atoms. The van der Waals surface area contributed by atoms with Crippen molar-refractivity contribution in [2.45, 2.75) is 31.5 Å². The topological polar surface area (TPSA) is 48.4 Å². The number of nitrogens with zero attached hydrogens (tertiary/aromatic N) is 4. The Morgan fingerprint density at radius 3 is 2.63 bits per heavy atom. The highest BCUT2D eigenvalue weighted by Gasteiger charge is 2.31. The quantitative estimate of drug-likeness (QED) is 0.759. The van der Waals surface area contributed by atoms with Gasteiger partial charge in [0.25, 0.3) is 0 Å². The summed E-state index contributed by atoms with van der Waals surface area (Å²) in [5.41, 5.74) is 2.41. The Hall–Kier alpha value is -2.86. The lowest BCUT2D eigenvalue weighted by atomic mass is 10.0. The van der Waals surface area contributed by atoms with Crippen LogP contribution in [0.2, 0.25) is 0 Å². The molecule has 1 unspecified atom stereocenters. The lowest BCUT2D eigenvalue weighted by molar-refractivity contribution is 0.121. The Kier molecular flexibility index (Phi) is 6.33. The number of carbonyl (C=O) groups is 1. The highest BCUT2D eigenvalue weighted by molar-refractivity contribution is 5.87. The van der Waals surface area contributed by atoms with E-state index in [0.29, 0.717) is 6.54 Å². The molecule has 158 valence electrons. The van der Waals surface area contributed by atoms with E-state index in [9.17, 15) is 4.79 Å². The van der Waals surface area contributed by atoms with Crippen LogP contribution in [0.5, 0.6) is 5.75 Å². The Morgan fingerprint density at radius 1 is 1.13 bits per heavy atom. The minimum Gasteiger partial charge on any atom is -0.497 e. The van der Waals surface area contributed by atoms with Crippen molar-refractivity contribution in [1.29, 1.82) is 0 Å². The monoisotopic (exact) mass is 406 g/mol. The summed E-state index contributed by atoms with van der Waals surface area (Å²) < 4.78 is 5.31. The number of aliphatic imine (C=N–C) groups is 1. The van der Waals surface area contributed by atoms with Gasteiger partial charge in [0.15, 0.2) is 0 Å². The zero-order valence-electron chi connectivity index (χ0n) is 17.8. The van der Waals surface area contributed by atoms with E-state index in [0.717, 1.165) is 43.8 Å². The van der Waals surface area contributed by atoms with Gasteiger partial charge in [0.05, 0.1) is 26.0 Å². The molecule has 1 atom stereocenters. The Balaban J connectivity index is 1.28. The van der Waals surface area contributed by atoms with Crippen molar-refractivity contribution in [2.24, 2.45) is 4.99 Å². The Morgan fingerprint density at radius 2 is 1.90 bits per heavy atom. The van der Waals surface area contributed by atoms with E-state index in [1.165, 1.54) is 5.56 Å². The maximum atomic E-state index is 13.0. The maximum Gasteiger partial charge on any atom is 0.325 e. The maximum absolute atomic E-state index is 13.0. The van der Waals surface area contributed by atoms with E-state index in [2.05, 4.69) is 40.2 Å². The first-order valence-electron chi connectivity index (χ1n) is 10.6. The Bertz CT molecular complexity index is 878. The van der Waals surface area contributed by atoms with Crippen LogP contribution in [0, 0.1) is 0 Å². The summed E-state index contributed by atoms with van der Waals surface area (Å²) in [6.07, 6.45) is 3.69. The van der Waals surface area contributed by atoms with Crippen LogP contribution in [0.15, 0.2) is 59.6 Å². The minimum absolute atomic E-state index is 0.0330. The summed E-state index contributed by atoms with van der Waals surface area (Å²) in [5, 5.41) is 0. The number of piperidine rings is 1. The molecule has 6 heteroatoms. The highest BCUT2D eigenvalue weighted by Crippen LogP contribution is 2.27. The number of rotatable bonds is 5. The number of carbonyl (C=O) groups excluding carboxylic acids is 1. The van der Waals surface area contributed by atoms with E-state index in [4.69, 9.17) is 4.74 Å². The molecule has 2 aliphatic rings. The number of hydrogen-bond donors (Lipinski definition) is 0. The predicted molar refractivity (Wildman–Crippen MR) is 119 cm³/mol. The van der Waals surface area contributed by atoms with Gasteiger partial charge in [0, 0.05) is 32.7 Å². The Labute approximate surface area is 178 Å². The van der Waals surface area contributed by atoms with Gasteiger partial charge in [-0.05, 0) is 36.1 Å². The normalized spacial score (nSPS) is 19.8. The average Bonchev–Trinajstić information content (AvgIpc) is 3.30. The van der Waals surface area contributed by atoms with Gasteiger partial charge in [-0.25, -0.2) is 4.79 Å². The van der Waals surface area contributed by atoms with Crippen LogP contribution < -0.4 is 4.74 Å². The van der Waals surface area contributed by atoms with Crippen LogP contribution in [-0.4, -0.2) is 66.9 Å². The third kappa shape index (κ3) is 4.65. The first kappa shape index (κ1) is 20.4. The van der Waals surface area contributed by atoms with Crippen molar-refractivity contribution < 1.29 is 9.53 Å². The second-order valence-corrected chi connectivity index (χ2v) is 8.10. The van der Waals surface area contributed by atoms with Crippen LogP contribution in [0.25, 0.3) is 0 Å². The molecule has 6 nitrogen and oxygen atoms in total. The molecule has 2 amide bonds. The fourth-order valence-electron chi connectivity index (χ4n) is 4.27. The fourth-order valence-corrected chi connectivity index (χ4v) is 4.27. The molecule has 0 aromatic heterocycles. The summed E-state index contributed by atoms with van der Waals surface area (Å²) in [6.45, 7) is 3.57. The molecule has 1 fully saturated rings. The smallest absolute Gasteiger partial charge is 0.325 e. The van der Waals surface area contributed by atoms with Gasteiger partial charge in [-0.1, -0.05) is 42.5 Å². The van der Waals surface area contributed by atoms with Crippen LogP contribution in [0.4, 0.5) is 4.79 Å². The van der Waals surface area contributed by atoms with Crippen molar-refractivity contribution in [3.05, 3.63) is 65.7 Å². The van der Waals surface area contributed by atoms with E-state index in [-0.39, 0.29) is 18.1 Å². The second kappa shape index (κ2) is 9.30. The molecule has 2 heterocycles. The molecule has 2 aromatic rings. The summed E-state index contributed by atoms with van der Waals surface area (Å²) in [7, 11) is 3.58. The van der Waals surface area contributed by atoms with E-state index < -0.39 is 0 Å². The molecular weight excluding hydrogens is 376 g/mol. The standard InChI is InChI=1S/C24H30N4O2/c1-26(21-11-13-27(14-12-21)16-19-7-4-3-5-8-19)24(29)28-17-23(25-18-28)20-9-6-10-22(15-20)30-2/h3-10,15,18,21,23H,11-14,16-17H2,1-2H3. The first-order chi connectivity index (χ1) is 14.6. The van der Waals surface area contributed by atoms with Crippen LogP contribution in [0.1, 0.15) is 30.0 Å². The number of benzene rings is 2. The number of urea groups is 1. The summed E-state index contributed by atoms with van der Waals surface area (Å²) >= 11 is 0. The molecule has 4 rings (SSSR count). The molecule has 2 aromatic carbocycles. The highest BCUT2D eigenvalue weighted by atomic mass is 16.5. The molecule has 1 saturated heterocycles. The molecule has 0 radical (unpaired) electrons. The van der Waals surface area contributed by atoms with Gasteiger partial charge in [0.2, 0.25) is 0 Å². The van der Waals surface area contributed by atoms with Crippen molar-refractivity contribution in [3.63, 3.8) is 0 Å². The third-order valence-electron chi connectivity index (χ3n) is 6.14. The SMILES string of the molecule is COc1cccc(C2CN(C(=O)N(C)C3CCN(Cc4ccccc4)CC3)C=N2)c1. The zero-order chi connectivity index (χ0) is 20.9. The van der Waals surface area contributed by atoms with E-state index in [1.807, 2.05) is 36.2 Å². The van der Waals surface area contributed by atoms with Crippen molar-refractivity contribution in [1.82, 2.24) is 14.7 Å².